The van der Waals surface area contributed by atoms with Crippen LogP contribution in [0.15, 0.2) is 71.9 Å². The highest BCUT2D eigenvalue weighted by Crippen LogP contribution is 2.34. The first kappa shape index (κ1) is 18.1. The number of rotatable bonds is 5. The van der Waals surface area contributed by atoms with E-state index in [0.717, 1.165) is 31.5 Å². The summed E-state index contributed by atoms with van der Waals surface area (Å²) in [7, 11) is 0. The molecule has 0 spiro atoms. The van der Waals surface area contributed by atoms with E-state index >= 15 is 0 Å². The molecule has 2 aromatic heterocycles. The number of nitrogens with one attached hydrogen (secondary N) is 1. The molecule has 0 bridgehead atoms. The third-order valence-corrected chi connectivity index (χ3v) is 6.29. The van der Waals surface area contributed by atoms with E-state index in [-0.39, 0.29) is 0 Å². The largest absolute Gasteiger partial charge is 0.349 e. The van der Waals surface area contributed by atoms with Gasteiger partial charge in [-0.05, 0) is 36.1 Å². The van der Waals surface area contributed by atoms with Gasteiger partial charge in [-0.25, -0.2) is 4.98 Å². The number of aromatic nitrogens is 2. The van der Waals surface area contributed by atoms with Gasteiger partial charge in [0, 0.05) is 35.0 Å². The fraction of sp³-hybridized carbons (Fsp3) is 0.0952. The molecule has 6 heteroatoms. The Balaban J connectivity index is 1.60. The monoisotopic (exact) mass is 407 g/mol. The number of nitrogens with zero attached hydrogens (tertiary/aromatic N) is 2. The number of thiazole rings is 1. The molecule has 2 heterocycles. The highest BCUT2D eigenvalue weighted by molar-refractivity contribution is 7.98. The zero-order valence-corrected chi connectivity index (χ0v) is 17.1. The number of fused-ring (bicyclic) bond motifs is 1. The Bertz CT molecular complexity index is 1070. The van der Waals surface area contributed by atoms with E-state index in [2.05, 4.69) is 46.9 Å². The number of hydrogen-bond donors (Lipinski definition) is 1. The molecule has 2 aromatic carbocycles. The predicted molar refractivity (Wildman–Crippen MR) is 121 cm³/mol. The van der Waals surface area contributed by atoms with Crippen LogP contribution in [0.2, 0.25) is 0 Å². The summed E-state index contributed by atoms with van der Waals surface area (Å²) in [6, 6.07) is 18.5. The molecule has 0 amide bonds. The fourth-order valence-electron chi connectivity index (χ4n) is 2.89. The Labute approximate surface area is 171 Å². The molecule has 0 fully saturated rings. The molecule has 0 atom stereocenters. The third-order valence-electron chi connectivity index (χ3n) is 4.17. The average Bonchev–Trinajstić information content (AvgIpc) is 3.13. The molecule has 3 nitrogen and oxygen atoms in total. The van der Waals surface area contributed by atoms with Crippen LogP contribution < -0.4 is 5.32 Å². The van der Waals surface area contributed by atoms with E-state index < -0.39 is 0 Å². The Morgan fingerprint density at radius 2 is 1.93 bits per heavy atom. The minimum Gasteiger partial charge on any atom is -0.349 e. The van der Waals surface area contributed by atoms with Crippen LogP contribution in [0, 0.1) is 0 Å². The van der Waals surface area contributed by atoms with Crippen LogP contribution in [-0.4, -0.2) is 21.2 Å². The summed E-state index contributed by atoms with van der Waals surface area (Å²) in [6.07, 6.45) is 6.43. The van der Waals surface area contributed by atoms with E-state index in [4.69, 9.17) is 17.2 Å². The van der Waals surface area contributed by atoms with Crippen molar-refractivity contribution >= 4 is 56.2 Å². The Morgan fingerprint density at radius 3 is 2.78 bits per heavy atom. The van der Waals surface area contributed by atoms with Crippen LogP contribution in [-0.2, 0) is 6.42 Å². The predicted octanol–water partition coefficient (Wildman–Crippen LogP) is 6.06. The maximum Gasteiger partial charge on any atom is 0.126 e. The Hall–Kier alpha value is -2.28. The maximum absolute atomic E-state index is 5.65. The van der Waals surface area contributed by atoms with E-state index in [0.29, 0.717) is 6.42 Å². The third kappa shape index (κ3) is 4.03. The molecule has 0 unspecified atom stereocenters. The van der Waals surface area contributed by atoms with E-state index in [1.165, 1.54) is 10.5 Å². The zero-order valence-electron chi connectivity index (χ0n) is 14.7. The van der Waals surface area contributed by atoms with E-state index in [9.17, 15) is 0 Å². The molecule has 0 saturated carbocycles. The first-order valence-corrected chi connectivity index (χ1v) is 10.9. The molecule has 0 aliphatic heterocycles. The van der Waals surface area contributed by atoms with Crippen molar-refractivity contribution in [2.45, 2.75) is 11.3 Å². The second-order valence-electron chi connectivity index (χ2n) is 5.94. The second-order valence-corrected chi connectivity index (χ2v) is 8.32. The van der Waals surface area contributed by atoms with Crippen LogP contribution in [0.3, 0.4) is 0 Å². The minimum absolute atomic E-state index is 0.713. The van der Waals surface area contributed by atoms with Gasteiger partial charge in [-0.1, -0.05) is 42.5 Å². The molecule has 0 aliphatic rings. The number of para-hydroxylation sites is 1. The summed E-state index contributed by atoms with van der Waals surface area (Å²) in [6.45, 7) is 0. The van der Waals surface area contributed by atoms with E-state index in [1.807, 2.05) is 30.5 Å². The topological polar surface area (TPSA) is 37.8 Å². The second kappa shape index (κ2) is 8.17. The smallest absolute Gasteiger partial charge is 0.126 e. The lowest BCUT2D eigenvalue weighted by molar-refractivity contribution is 1.23. The van der Waals surface area contributed by atoms with Crippen LogP contribution >= 0.6 is 35.3 Å². The van der Waals surface area contributed by atoms with Gasteiger partial charge in [0.1, 0.15) is 5.01 Å². The molecule has 0 aliphatic carbocycles. The standard InChI is InChI=1S/C21H17N3S3/c1-26-18-9-5-2-6-14(18)12-20(25)23-16-8-4-3-7-15(16)21-24-17-10-11-22-13-19(17)27-21/h2-11,13H,12H2,1H3,(H,23,25). The molecule has 0 radical (unpaired) electrons. The van der Waals surface area contributed by atoms with E-state index in [1.54, 1.807) is 29.3 Å². The molecule has 1 N–H and O–H groups in total. The van der Waals surface area contributed by atoms with Gasteiger partial charge in [-0.15, -0.1) is 23.1 Å². The summed E-state index contributed by atoms with van der Waals surface area (Å²) in [4.78, 5) is 11.0. The maximum atomic E-state index is 5.65. The number of thiocarbonyl (C=S) groups is 1. The van der Waals surface area contributed by atoms with Gasteiger partial charge in [0.15, 0.2) is 0 Å². The van der Waals surface area contributed by atoms with Crippen LogP contribution in [0.1, 0.15) is 5.56 Å². The molecule has 4 rings (SSSR count). The van der Waals surface area contributed by atoms with Crippen molar-refractivity contribution in [1.82, 2.24) is 9.97 Å². The highest BCUT2D eigenvalue weighted by Gasteiger charge is 2.12. The average molecular weight is 408 g/mol. The minimum atomic E-state index is 0.713. The summed E-state index contributed by atoms with van der Waals surface area (Å²) < 4.78 is 1.08. The van der Waals surface area contributed by atoms with Gasteiger partial charge >= 0.3 is 0 Å². The Kier molecular flexibility index (Phi) is 5.48. The van der Waals surface area contributed by atoms with Crippen LogP contribution in [0.4, 0.5) is 5.69 Å². The number of pyridine rings is 1. The van der Waals surface area contributed by atoms with Crippen molar-refractivity contribution < 1.29 is 0 Å². The summed E-state index contributed by atoms with van der Waals surface area (Å²) >= 11 is 9.04. The summed E-state index contributed by atoms with van der Waals surface area (Å²) in [5, 5.41) is 4.39. The highest BCUT2D eigenvalue weighted by atomic mass is 32.2. The molecular formula is C21H17N3S3. The molecule has 4 aromatic rings. The first-order chi connectivity index (χ1) is 13.2. The van der Waals surface area contributed by atoms with Crippen molar-refractivity contribution in [3.05, 3.63) is 72.6 Å². The molecule has 134 valence electrons. The quantitative estimate of drug-likeness (QED) is 0.321. The van der Waals surface area contributed by atoms with Crippen LogP contribution in [0.5, 0.6) is 0 Å². The number of thioether (sulfide) groups is 1. The lowest BCUT2D eigenvalue weighted by Crippen LogP contribution is -2.13. The van der Waals surface area contributed by atoms with Gasteiger partial charge in [-0.3, -0.25) is 4.98 Å². The van der Waals surface area contributed by atoms with Crippen molar-refractivity contribution in [3.8, 4) is 10.6 Å². The van der Waals surface area contributed by atoms with Gasteiger partial charge in [0.05, 0.1) is 15.2 Å². The lowest BCUT2D eigenvalue weighted by Gasteiger charge is -2.13. The van der Waals surface area contributed by atoms with Crippen molar-refractivity contribution in [3.63, 3.8) is 0 Å². The Morgan fingerprint density at radius 1 is 1.11 bits per heavy atom. The number of benzene rings is 2. The van der Waals surface area contributed by atoms with Crippen LogP contribution in [0.25, 0.3) is 20.8 Å². The van der Waals surface area contributed by atoms with Crippen molar-refractivity contribution in [2.75, 3.05) is 11.6 Å². The van der Waals surface area contributed by atoms with Crippen molar-refractivity contribution in [2.24, 2.45) is 0 Å². The normalized spacial score (nSPS) is 10.9. The molecule has 27 heavy (non-hydrogen) atoms. The van der Waals surface area contributed by atoms with Gasteiger partial charge in [-0.2, -0.15) is 0 Å². The van der Waals surface area contributed by atoms with Gasteiger partial charge < -0.3 is 5.32 Å². The first-order valence-electron chi connectivity index (χ1n) is 8.46. The van der Waals surface area contributed by atoms with Gasteiger partial charge in [0.25, 0.3) is 0 Å². The van der Waals surface area contributed by atoms with Gasteiger partial charge in [0.2, 0.25) is 0 Å². The SMILES string of the molecule is CSc1ccccc1CC(=S)Nc1ccccc1-c1nc2ccncc2s1. The molecule has 0 saturated heterocycles. The lowest BCUT2D eigenvalue weighted by atomic mass is 10.1. The summed E-state index contributed by atoms with van der Waals surface area (Å²) in [5.74, 6) is 0. The molecular weight excluding hydrogens is 390 g/mol. The number of anilines is 1. The summed E-state index contributed by atoms with van der Waals surface area (Å²) in [5.41, 5.74) is 4.25. The zero-order chi connectivity index (χ0) is 18.6. The fourth-order valence-corrected chi connectivity index (χ4v) is 4.74. The van der Waals surface area contributed by atoms with Crippen molar-refractivity contribution in [1.29, 1.82) is 0 Å². The number of hydrogen-bond acceptors (Lipinski definition) is 5.